The molecule has 0 saturated heterocycles. The van der Waals surface area contributed by atoms with Crippen LogP contribution in [-0.2, 0) is 6.18 Å². The molecule has 0 heterocycles. The molecule has 1 N–H and O–H groups in total. The van der Waals surface area contributed by atoms with Crippen LogP contribution in [0, 0.1) is 0 Å². The number of ether oxygens (including phenoxy) is 1. The number of benzene rings is 2. The first-order valence-corrected chi connectivity index (χ1v) is 6.44. The normalized spacial score (nSPS) is 13.0. The molecule has 0 spiro atoms. The Morgan fingerprint density at radius 2 is 1.67 bits per heavy atom. The van der Waals surface area contributed by atoms with Gasteiger partial charge < -0.3 is 10.1 Å². The average Bonchev–Trinajstić information content (AvgIpc) is 2.48. The van der Waals surface area contributed by atoms with Crippen LogP contribution < -0.4 is 10.1 Å². The Labute approximate surface area is 121 Å². The summed E-state index contributed by atoms with van der Waals surface area (Å²) in [5.41, 5.74) is 1.04. The molecular weight excluding hydrogens is 279 g/mol. The number of hydrogen-bond donors (Lipinski definition) is 1. The summed E-state index contributed by atoms with van der Waals surface area (Å²) in [7, 11) is 3.34. The van der Waals surface area contributed by atoms with Crippen molar-refractivity contribution in [1.82, 2.24) is 5.32 Å². The van der Waals surface area contributed by atoms with Gasteiger partial charge in [-0.1, -0.05) is 24.3 Å². The van der Waals surface area contributed by atoms with E-state index in [-0.39, 0.29) is 6.04 Å². The van der Waals surface area contributed by atoms with Crippen molar-refractivity contribution in [2.24, 2.45) is 0 Å². The largest absolute Gasteiger partial charge is 0.497 e. The summed E-state index contributed by atoms with van der Waals surface area (Å²) in [5.74, 6) is 0.708. The van der Waals surface area contributed by atoms with Gasteiger partial charge in [-0.05, 0) is 42.4 Å². The number of halogens is 3. The molecule has 0 bridgehead atoms. The van der Waals surface area contributed by atoms with Crippen LogP contribution in [0.1, 0.15) is 22.7 Å². The van der Waals surface area contributed by atoms with Gasteiger partial charge in [0.15, 0.2) is 0 Å². The maximum atomic E-state index is 12.6. The summed E-state index contributed by atoms with van der Waals surface area (Å²) in [6, 6.07) is 12.4. The van der Waals surface area contributed by atoms with Crippen LogP contribution in [0.4, 0.5) is 13.2 Å². The third-order valence-corrected chi connectivity index (χ3v) is 3.29. The Bertz CT molecular complexity index is 593. The molecule has 0 saturated carbocycles. The first-order valence-electron chi connectivity index (χ1n) is 6.44. The van der Waals surface area contributed by atoms with Gasteiger partial charge >= 0.3 is 6.18 Å². The fourth-order valence-corrected chi connectivity index (χ4v) is 2.21. The Balaban J connectivity index is 2.32. The van der Waals surface area contributed by atoms with E-state index < -0.39 is 11.7 Å². The van der Waals surface area contributed by atoms with E-state index >= 15 is 0 Å². The van der Waals surface area contributed by atoms with Crippen LogP contribution in [0.2, 0.25) is 0 Å². The van der Waals surface area contributed by atoms with E-state index in [4.69, 9.17) is 4.74 Å². The number of nitrogens with one attached hydrogen (secondary N) is 1. The molecule has 2 aromatic carbocycles. The lowest BCUT2D eigenvalue weighted by molar-refractivity contribution is -0.137. The van der Waals surface area contributed by atoms with E-state index in [1.807, 2.05) is 24.3 Å². The zero-order chi connectivity index (χ0) is 15.5. The molecule has 0 aliphatic heterocycles. The van der Waals surface area contributed by atoms with E-state index in [1.165, 1.54) is 12.1 Å². The molecule has 0 aliphatic carbocycles. The summed E-state index contributed by atoms with van der Waals surface area (Å²) < 4.78 is 42.9. The number of alkyl halides is 3. The fraction of sp³-hybridized carbons (Fsp3) is 0.250. The van der Waals surface area contributed by atoms with Crippen molar-refractivity contribution in [3.05, 3.63) is 65.2 Å². The molecule has 0 aromatic heterocycles. The highest BCUT2D eigenvalue weighted by molar-refractivity contribution is 5.37. The standard InChI is InChI=1S/C16H16F3NO/c1-20-15(12-4-3-5-14(10-12)21-2)11-6-8-13(9-7-11)16(17,18)19/h3-10,15,20H,1-2H3. The molecule has 112 valence electrons. The molecule has 21 heavy (non-hydrogen) atoms. The lowest BCUT2D eigenvalue weighted by atomic mass is 9.97. The van der Waals surface area contributed by atoms with Gasteiger partial charge in [-0.15, -0.1) is 0 Å². The van der Waals surface area contributed by atoms with E-state index in [9.17, 15) is 13.2 Å². The average molecular weight is 295 g/mol. The molecule has 1 atom stereocenters. The van der Waals surface area contributed by atoms with E-state index in [1.54, 1.807) is 14.2 Å². The van der Waals surface area contributed by atoms with Crippen molar-refractivity contribution in [3.8, 4) is 5.75 Å². The second-order valence-corrected chi connectivity index (χ2v) is 4.62. The molecule has 2 aromatic rings. The highest BCUT2D eigenvalue weighted by atomic mass is 19.4. The molecule has 2 rings (SSSR count). The van der Waals surface area contributed by atoms with Crippen molar-refractivity contribution in [2.45, 2.75) is 12.2 Å². The fourth-order valence-electron chi connectivity index (χ4n) is 2.21. The van der Waals surface area contributed by atoms with Gasteiger partial charge in [0.25, 0.3) is 0 Å². The van der Waals surface area contributed by atoms with Crippen LogP contribution in [-0.4, -0.2) is 14.2 Å². The van der Waals surface area contributed by atoms with E-state index in [0.717, 1.165) is 23.3 Å². The first-order chi connectivity index (χ1) is 9.95. The first kappa shape index (κ1) is 15.4. The van der Waals surface area contributed by atoms with Crippen molar-refractivity contribution in [3.63, 3.8) is 0 Å². The molecule has 1 unspecified atom stereocenters. The Hall–Kier alpha value is -2.01. The zero-order valence-electron chi connectivity index (χ0n) is 11.7. The third kappa shape index (κ3) is 3.55. The second-order valence-electron chi connectivity index (χ2n) is 4.62. The second kappa shape index (κ2) is 6.18. The summed E-state index contributed by atoms with van der Waals surface area (Å²) in [6.07, 6.45) is -4.32. The molecule has 5 heteroatoms. The molecule has 0 amide bonds. The van der Waals surface area contributed by atoms with Gasteiger partial charge in [-0.25, -0.2) is 0 Å². The van der Waals surface area contributed by atoms with Gasteiger partial charge in [0.05, 0.1) is 18.7 Å². The Morgan fingerprint density at radius 3 is 2.19 bits per heavy atom. The lowest BCUT2D eigenvalue weighted by Gasteiger charge is -2.18. The van der Waals surface area contributed by atoms with Crippen LogP contribution in [0.5, 0.6) is 5.75 Å². The van der Waals surface area contributed by atoms with Gasteiger partial charge in [-0.2, -0.15) is 13.2 Å². The maximum absolute atomic E-state index is 12.6. The van der Waals surface area contributed by atoms with E-state index in [0.29, 0.717) is 5.75 Å². The zero-order valence-corrected chi connectivity index (χ0v) is 11.7. The number of methoxy groups -OCH3 is 1. The SMILES string of the molecule is CNC(c1ccc(C(F)(F)F)cc1)c1cccc(OC)c1. The topological polar surface area (TPSA) is 21.3 Å². The summed E-state index contributed by atoms with van der Waals surface area (Å²) in [6.45, 7) is 0. The summed E-state index contributed by atoms with van der Waals surface area (Å²) in [4.78, 5) is 0. The van der Waals surface area contributed by atoms with Gasteiger partial charge in [0.2, 0.25) is 0 Å². The lowest BCUT2D eigenvalue weighted by Crippen LogP contribution is -2.18. The smallest absolute Gasteiger partial charge is 0.416 e. The third-order valence-electron chi connectivity index (χ3n) is 3.29. The Kier molecular flexibility index (Phi) is 4.53. The summed E-state index contributed by atoms with van der Waals surface area (Å²) in [5, 5.41) is 3.11. The molecule has 0 radical (unpaired) electrons. The maximum Gasteiger partial charge on any atom is 0.416 e. The monoisotopic (exact) mass is 295 g/mol. The quantitative estimate of drug-likeness (QED) is 0.919. The minimum atomic E-state index is -4.32. The molecule has 0 aliphatic rings. The summed E-state index contributed by atoms with van der Waals surface area (Å²) >= 11 is 0. The van der Waals surface area contributed by atoms with Crippen molar-refractivity contribution in [2.75, 3.05) is 14.2 Å². The van der Waals surface area contributed by atoms with Crippen molar-refractivity contribution < 1.29 is 17.9 Å². The molecular formula is C16H16F3NO. The van der Waals surface area contributed by atoms with Crippen molar-refractivity contribution in [1.29, 1.82) is 0 Å². The van der Waals surface area contributed by atoms with E-state index in [2.05, 4.69) is 5.32 Å². The Morgan fingerprint density at radius 1 is 1.00 bits per heavy atom. The van der Waals surface area contributed by atoms with Gasteiger partial charge in [0, 0.05) is 0 Å². The minimum absolute atomic E-state index is 0.192. The predicted octanol–water partition coefficient (Wildman–Crippen LogP) is 4.02. The van der Waals surface area contributed by atoms with Crippen LogP contribution in [0.25, 0.3) is 0 Å². The van der Waals surface area contributed by atoms with Gasteiger partial charge in [-0.3, -0.25) is 0 Å². The van der Waals surface area contributed by atoms with Gasteiger partial charge in [0.1, 0.15) is 5.75 Å². The predicted molar refractivity (Wildman–Crippen MR) is 75.3 cm³/mol. The van der Waals surface area contributed by atoms with Crippen molar-refractivity contribution >= 4 is 0 Å². The highest BCUT2D eigenvalue weighted by Crippen LogP contribution is 2.31. The van der Waals surface area contributed by atoms with Crippen LogP contribution in [0.15, 0.2) is 48.5 Å². The number of hydrogen-bond acceptors (Lipinski definition) is 2. The molecule has 0 fully saturated rings. The minimum Gasteiger partial charge on any atom is -0.497 e. The highest BCUT2D eigenvalue weighted by Gasteiger charge is 2.30. The molecule has 2 nitrogen and oxygen atoms in total. The number of rotatable bonds is 4. The van der Waals surface area contributed by atoms with Crippen LogP contribution in [0.3, 0.4) is 0 Å². The van der Waals surface area contributed by atoms with Crippen LogP contribution >= 0.6 is 0 Å².